The molecule has 11 rings (SSSR count). The van der Waals surface area contributed by atoms with Gasteiger partial charge in [-0.05, 0) is 200 Å². The van der Waals surface area contributed by atoms with Gasteiger partial charge in [-0.25, -0.2) is 0 Å². The first-order valence-corrected chi connectivity index (χ1v) is 32.3. The molecular weight excluding hydrogens is 1150 g/mol. The first kappa shape index (κ1) is 65.3. The third-order valence-electron chi connectivity index (χ3n) is 17.5. The molecule has 11 aromatic carbocycles. The van der Waals surface area contributed by atoms with Crippen LogP contribution in [0.25, 0.3) is 176 Å². The molecule has 0 heterocycles. The van der Waals surface area contributed by atoms with Gasteiger partial charge in [0.15, 0.2) is 0 Å². The molecule has 0 saturated heterocycles. The molecule has 0 nitrogen and oxygen atoms in total. The molecule has 0 aromatic heterocycles. The third kappa shape index (κ3) is 15.0. The Bertz CT molecular complexity index is 5870. The second-order valence-electron chi connectivity index (χ2n) is 24.2. The van der Waals surface area contributed by atoms with Gasteiger partial charge in [0, 0.05) is 0 Å². The van der Waals surface area contributed by atoms with Crippen molar-refractivity contribution in [3.8, 4) is 66.8 Å². The van der Waals surface area contributed by atoms with Gasteiger partial charge in [-0.1, -0.05) is 369 Å². The standard InChI is InChI=1S/C96H78/c1-65-29-13-14-33-68(4)84(45-25-30-65)69(5)51-52-74(10)93-70(6)34-15-16-35-71(7)94(90-42-22-21-41-89(90)93)80-59-55-77(56-60-80)82-53-49-66(2)31-26-46-85(75(11)63-82)86-47-27-32-67(3)50-54-83(64-76(86)12)78-57-61-81(62-58-78)95-72(8)36-17-18-37-73(9)96(92-44-24-23-43-91(92)95)88-48-28-39-79-38-19-20-40-87(79)88/h13-64H,1-4,6-9,11-12H2,5,10H3/b29-13?,30-25?,31-26?,32-27?,33-14?,34-15?,35-16?,36-17?,37-18?,53-49?,54-50?,69-51+,74-52+,82-63?,83-64?,84-45?,85-46?,86-47?,93-89?,94-90?,95-91?,96-92?. The van der Waals surface area contributed by atoms with Crippen molar-refractivity contribution < 1.29 is 0 Å². The Hall–Kier alpha value is -12.2. The van der Waals surface area contributed by atoms with Crippen LogP contribution in [0.3, 0.4) is 0 Å². The molecule has 0 aliphatic heterocycles. The summed E-state index contributed by atoms with van der Waals surface area (Å²) in [5.41, 5.74) is 16.4. The molecule has 0 atom stereocenters. The molecule has 0 amide bonds. The zero-order valence-electron chi connectivity index (χ0n) is 55.1. The first-order chi connectivity index (χ1) is 46.6. The Labute approximate surface area is 565 Å². The summed E-state index contributed by atoms with van der Waals surface area (Å²) in [7, 11) is 0. The van der Waals surface area contributed by atoms with Crippen LogP contribution in [-0.2, 0) is 0 Å². The summed E-state index contributed by atoms with van der Waals surface area (Å²) in [4.78, 5) is 0. The molecule has 0 aliphatic carbocycles. The number of rotatable bonds is 9. The van der Waals surface area contributed by atoms with E-state index in [9.17, 15) is 0 Å². The largest absolute Gasteiger partial charge is 0.0918 e. The topological polar surface area (TPSA) is 0 Å². The Morgan fingerprint density at radius 2 is 0.562 bits per heavy atom. The Morgan fingerprint density at radius 1 is 0.229 bits per heavy atom. The Balaban J connectivity index is 0.998. The van der Waals surface area contributed by atoms with Crippen LogP contribution in [0, 0.1) is 0 Å². The molecule has 462 valence electrons. The third-order valence-corrected chi connectivity index (χ3v) is 17.5. The fraction of sp³-hybridized carbons (Fsp3) is 0.0208. The van der Waals surface area contributed by atoms with Gasteiger partial charge < -0.3 is 0 Å². The van der Waals surface area contributed by atoms with Crippen LogP contribution in [0.4, 0.5) is 0 Å². The number of hydrogen-bond acceptors (Lipinski definition) is 0. The molecule has 96 heavy (non-hydrogen) atoms. The van der Waals surface area contributed by atoms with Crippen molar-refractivity contribution in [2.45, 2.75) is 13.8 Å². The van der Waals surface area contributed by atoms with Crippen molar-refractivity contribution in [3.05, 3.63) is 379 Å². The molecule has 0 unspecified atom stereocenters. The number of fused-ring (bicyclic) bond motifs is 3. The summed E-state index contributed by atoms with van der Waals surface area (Å²) in [6.07, 6.45) is 4.35. The maximum absolute atomic E-state index is 4.78. The van der Waals surface area contributed by atoms with Crippen molar-refractivity contribution in [3.63, 3.8) is 0 Å². The van der Waals surface area contributed by atoms with Crippen LogP contribution >= 0.6 is 0 Å². The maximum Gasteiger partial charge on any atom is -0.00323 e. The van der Waals surface area contributed by atoms with E-state index in [0.29, 0.717) is 0 Å². The van der Waals surface area contributed by atoms with Crippen LogP contribution in [-0.4, -0.2) is 0 Å². The highest BCUT2D eigenvalue weighted by Crippen LogP contribution is 2.35. The summed E-state index contributed by atoms with van der Waals surface area (Å²) >= 11 is 0. The molecule has 11 aromatic rings. The van der Waals surface area contributed by atoms with E-state index in [1.807, 2.05) is 84.9 Å². The average Bonchev–Trinajstić information content (AvgIpc) is 0.779. The molecule has 0 fully saturated rings. The van der Waals surface area contributed by atoms with E-state index in [0.717, 1.165) is 163 Å². The van der Waals surface area contributed by atoms with Gasteiger partial charge in [-0.2, -0.15) is 0 Å². The summed E-state index contributed by atoms with van der Waals surface area (Å²) in [5.74, 6) is 0. The van der Waals surface area contributed by atoms with Crippen molar-refractivity contribution in [1.29, 1.82) is 0 Å². The zero-order chi connectivity index (χ0) is 67.2. The fourth-order valence-corrected chi connectivity index (χ4v) is 12.6. The van der Waals surface area contributed by atoms with Crippen LogP contribution < -0.4 is 52.2 Å². The highest BCUT2D eigenvalue weighted by atomic mass is 14.2. The lowest BCUT2D eigenvalue weighted by atomic mass is 9.91. The summed E-state index contributed by atoms with van der Waals surface area (Å²) in [6, 6.07) is 105. The van der Waals surface area contributed by atoms with Crippen molar-refractivity contribution in [1.82, 2.24) is 0 Å². The maximum atomic E-state index is 4.78. The molecule has 0 bridgehead atoms. The quantitative estimate of drug-likeness (QED) is 0.126. The summed E-state index contributed by atoms with van der Waals surface area (Å²) in [5, 5.41) is 15.4. The molecule has 0 heteroatoms. The highest BCUT2D eigenvalue weighted by Gasteiger charge is 2.13. The fourth-order valence-electron chi connectivity index (χ4n) is 12.6. The van der Waals surface area contributed by atoms with Gasteiger partial charge in [0.25, 0.3) is 0 Å². The molecule has 0 N–H and O–H groups in total. The molecule has 0 spiro atoms. The molecule has 0 saturated carbocycles. The second-order valence-corrected chi connectivity index (χ2v) is 24.2. The van der Waals surface area contributed by atoms with E-state index in [1.54, 1.807) is 0 Å². The Kier molecular flexibility index (Phi) is 20.4. The molecule has 0 aliphatic rings. The number of allylic oxidation sites excluding steroid dienone is 4. The van der Waals surface area contributed by atoms with Gasteiger partial charge in [-0.15, -0.1) is 0 Å². The van der Waals surface area contributed by atoms with Crippen molar-refractivity contribution in [2.24, 2.45) is 0 Å². The van der Waals surface area contributed by atoms with E-state index < -0.39 is 0 Å². The van der Waals surface area contributed by atoms with Crippen LogP contribution in [0.1, 0.15) is 25.0 Å². The highest BCUT2D eigenvalue weighted by molar-refractivity contribution is 6.08. The predicted molar refractivity (Wildman–Crippen MR) is 425 cm³/mol. The summed E-state index contributed by atoms with van der Waals surface area (Å²) in [6.45, 7) is 49.8. The number of benzene rings is 6. The predicted octanol–water partition coefficient (Wildman–Crippen LogP) is 18.4. The van der Waals surface area contributed by atoms with E-state index in [2.05, 4.69) is 297 Å². The second kappa shape index (κ2) is 30.0. The lowest BCUT2D eigenvalue weighted by molar-refractivity contribution is 1.52. The van der Waals surface area contributed by atoms with Gasteiger partial charge in [0.05, 0.1) is 0 Å². The lowest BCUT2D eigenvalue weighted by Crippen LogP contribution is -2.09. The average molecular weight is 1230 g/mol. The van der Waals surface area contributed by atoms with Crippen molar-refractivity contribution in [2.75, 3.05) is 0 Å². The zero-order valence-corrected chi connectivity index (χ0v) is 55.1. The molecular formula is C96H78. The minimum Gasteiger partial charge on any atom is -0.0918 e. The lowest BCUT2D eigenvalue weighted by Gasteiger charge is -2.13. The van der Waals surface area contributed by atoms with E-state index >= 15 is 0 Å². The van der Waals surface area contributed by atoms with Gasteiger partial charge in [-0.3, -0.25) is 0 Å². The van der Waals surface area contributed by atoms with Gasteiger partial charge >= 0.3 is 0 Å². The van der Waals surface area contributed by atoms with Crippen LogP contribution in [0.2, 0.25) is 0 Å². The first-order valence-electron chi connectivity index (χ1n) is 32.3. The summed E-state index contributed by atoms with van der Waals surface area (Å²) < 4.78 is 0. The van der Waals surface area contributed by atoms with Crippen LogP contribution in [0.15, 0.2) is 315 Å². The SMILES string of the molecule is C=c1ccccc(=C)c(/C(C)=C/C=C(\C)c2c(=C)ccccc(=C)c(-c3ccc(-c4ccc(=C)cccc(-c5cccc(=C)ccc(-c6ccc(-c7c(=C)ccccc(=C)c(-c8cccc9ccccc89)c8ccccc78)cc6)cc5=C)c(=C)c4)cc3)c3ccccc23)ccc1. The smallest absolute Gasteiger partial charge is 0.00323 e. The van der Waals surface area contributed by atoms with Crippen molar-refractivity contribution >= 4 is 109 Å². The van der Waals surface area contributed by atoms with Crippen LogP contribution in [0.5, 0.6) is 0 Å². The van der Waals surface area contributed by atoms with Gasteiger partial charge in [0.1, 0.15) is 0 Å². The van der Waals surface area contributed by atoms with Gasteiger partial charge in [0.2, 0.25) is 0 Å². The van der Waals surface area contributed by atoms with E-state index in [-0.39, 0.29) is 0 Å². The monoisotopic (exact) mass is 1230 g/mol. The van der Waals surface area contributed by atoms with E-state index in [1.165, 1.54) is 10.8 Å². The van der Waals surface area contributed by atoms with E-state index in [4.69, 9.17) is 13.2 Å². The minimum atomic E-state index is 0.813. The number of hydrogen-bond donors (Lipinski definition) is 0. The normalized spacial score (nSPS) is 11.1. The Morgan fingerprint density at radius 3 is 1.09 bits per heavy atom. The minimum absolute atomic E-state index is 0.813. The molecule has 0 radical (unpaired) electrons.